The van der Waals surface area contributed by atoms with Crippen LogP contribution in [0.1, 0.15) is 26.7 Å². The highest BCUT2D eigenvalue weighted by Gasteiger charge is 2.22. The van der Waals surface area contributed by atoms with Gasteiger partial charge in [0, 0.05) is 10.6 Å². The van der Waals surface area contributed by atoms with E-state index in [4.69, 9.17) is 9.47 Å². The summed E-state index contributed by atoms with van der Waals surface area (Å²) in [6.07, 6.45) is 1.84. The molecule has 1 aromatic carbocycles. The summed E-state index contributed by atoms with van der Waals surface area (Å²) >= 11 is 1.74. The Morgan fingerprint density at radius 2 is 2.10 bits per heavy atom. The summed E-state index contributed by atoms with van der Waals surface area (Å²) < 4.78 is 11.1. The van der Waals surface area contributed by atoms with Crippen molar-refractivity contribution in [3.8, 4) is 17.6 Å². The van der Waals surface area contributed by atoms with Crippen molar-refractivity contribution in [2.24, 2.45) is 0 Å². The van der Waals surface area contributed by atoms with E-state index in [9.17, 15) is 5.26 Å². The van der Waals surface area contributed by atoms with Gasteiger partial charge in [0.15, 0.2) is 11.5 Å². The van der Waals surface area contributed by atoms with Gasteiger partial charge in [-0.05, 0) is 44.5 Å². The van der Waals surface area contributed by atoms with Gasteiger partial charge in [0.05, 0.1) is 6.07 Å². The predicted octanol–water partition coefficient (Wildman–Crippen LogP) is 3.22. The fourth-order valence-electron chi connectivity index (χ4n) is 2.07. The van der Waals surface area contributed by atoms with Crippen LogP contribution in [0.4, 0.5) is 0 Å². The maximum absolute atomic E-state index is 9.31. The van der Waals surface area contributed by atoms with Crippen molar-refractivity contribution in [3.05, 3.63) is 18.2 Å². The van der Waals surface area contributed by atoms with Crippen LogP contribution in [0.5, 0.6) is 11.5 Å². The Morgan fingerprint density at radius 1 is 1.33 bits per heavy atom. The number of thioether (sulfide) groups is 1. The van der Waals surface area contributed by atoms with Crippen molar-refractivity contribution in [1.82, 2.24) is 5.32 Å². The lowest BCUT2D eigenvalue weighted by Gasteiger charge is -2.23. The minimum Gasteiger partial charge on any atom is -0.486 e. The first kappa shape index (κ1) is 16.0. The zero-order chi connectivity index (χ0) is 15.1. The molecule has 21 heavy (non-hydrogen) atoms. The van der Waals surface area contributed by atoms with E-state index < -0.39 is 5.54 Å². The number of ether oxygens (including phenoxy) is 2. The van der Waals surface area contributed by atoms with Crippen molar-refractivity contribution in [2.45, 2.75) is 37.1 Å². The summed E-state index contributed by atoms with van der Waals surface area (Å²) in [7, 11) is 0. The summed E-state index contributed by atoms with van der Waals surface area (Å²) in [5, 5.41) is 12.6. The zero-order valence-corrected chi connectivity index (χ0v) is 13.5. The Hall–Kier alpha value is -1.38. The van der Waals surface area contributed by atoms with Crippen LogP contribution >= 0.6 is 11.8 Å². The van der Waals surface area contributed by atoms with E-state index >= 15 is 0 Å². The first-order valence-corrected chi connectivity index (χ1v) is 8.34. The van der Waals surface area contributed by atoms with E-state index in [0.29, 0.717) is 13.2 Å². The Kier molecular flexibility index (Phi) is 5.77. The molecule has 0 saturated carbocycles. The standard InChI is InChI=1S/C16H22N2O2S/c1-3-7-18-16(2,12-17)6-10-21-13-4-5-14-15(11-13)20-9-8-19-14/h4-5,11,18H,3,6-10H2,1-2H3. The highest BCUT2D eigenvalue weighted by Crippen LogP contribution is 2.34. The second-order valence-corrected chi connectivity index (χ2v) is 6.44. The monoisotopic (exact) mass is 306 g/mol. The van der Waals surface area contributed by atoms with Crippen LogP contribution in [0.15, 0.2) is 23.1 Å². The zero-order valence-electron chi connectivity index (χ0n) is 12.6. The molecule has 5 heteroatoms. The van der Waals surface area contributed by atoms with Gasteiger partial charge in [-0.2, -0.15) is 5.26 Å². The topological polar surface area (TPSA) is 54.3 Å². The van der Waals surface area contributed by atoms with Crippen molar-refractivity contribution in [2.75, 3.05) is 25.5 Å². The molecule has 1 aromatic rings. The number of hydrogen-bond acceptors (Lipinski definition) is 5. The Bertz CT molecular complexity index is 515. The molecule has 0 saturated heterocycles. The van der Waals surface area contributed by atoms with Gasteiger partial charge in [0.2, 0.25) is 0 Å². The van der Waals surface area contributed by atoms with Gasteiger partial charge >= 0.3 is 0 Å². The van der Waals surface area contributed by atoms with E-state index in [1.807, 2.05) is 25.1 Å². The molecule has 114 valence electrons. The van der Waals surface area contributed by atoms with Gasteiger partial charge in [-0.15, -0.1) is 11.8 Å². The smallest absolute Gasteiger partial charge is 0.162 e. The summed E-state index contributed by atoms with van der Waals surface area (Å²) in [4.78, 5) is 1.15. The second-order valence-electron chi connectivity index (χ2n) is 5.27. The summed E-state index contributed by atoms with van der Waals surface area (Å²) in [6.45, 7) is 6.16. The molecular formula is C16H22N2O2S. The van der Waals surface area contributed by atoms with Crippen molar-refractivity contribution < 1.29 is 9.47 Å². The van der Waals surface area contributed by atoms with Gasteiger partial charge in [-0.25, -0.2) is 0 Å². The van der Waals surface area contributed by atoms with Crippen LogP contribution in [0.2, 0.25) is 0 Å². The third-order valence-corrected chi connectivity index (χ3v) is 4.39. The molecule has 0 fully saturated rings. The largest absolute Gasteiger partial charge is 0.486 e. The van der Waals surface area contributed by atoms with Crippen molar-refractivity contribution in [3.63, 3.8) is 0 Å². The SMILES string of the molecule is CCCNC(C)(C#N)CCSc1ccc2c(c1)OCCO2. The van der Waals surface area contributed by atoms with Gasteiger partial charge in [0.25, 0.3) is 0 Å². The predicted molar refractivity (Wildman–Crippen MR) is 85.1 cm³/mol. The van der Waals surface area contributed by atoms with Crippen molar-refractivity contribution in [1.29, 1.82) is 5.26 Å². The molecule has 1 aliphatic rings. The Balaban J connectivity index is 1.87. The number of benzene rings is 1. The lowest BCUT2D eigenvalue weighted by molar-refractivity contribution is 0.171. The minimum atomic E-state index is -0.448. The Morgan fingerprint density at radius 3 is 2.81 bits per heavy atom. The quantitative estimate of drug-likeness (QED) is 0.784. The molecular weight excluding hydrogens is 284 g/mol. The molecule has 1 aliphatic heterocycles. The maximum Gasteiger partial charge on any atom is 0.162 e. The summed E-state index contributed by atoms with van der Waals surface area (Å²) in [5.74, 6) is 2.52. The Labute approximate surface area is 130 Å². The number of nitrogens with one attached hydrogen (secondary N) is 1. The number of nitrogens with zero attached hydrogens (tertiary/aromatic N) is 1. The first-order valence-electron chi connectivity index (χ1n) is 7.35. The molecule has 0 aliphatic carbocycles. The minimum absolute atomic E-state index is 0.448. The van der Waals surface area contributed by atoms with E-state index in [2.05, 4.69) is 18.3 Å². The molecule has 0 spiro atoms. The number of hydrogen-bond donors (Lipinski definition) is 1. The van der Waals surface area contributed by atoms with Crippen LogP contribution in [-0.4, -0.2) is 31.1 Å². The average Bonchev–Trinajstić information content (AvgIpc) is 2.53. The average molecular weight is 306 g/mol. The highest BCUT2D eigenvalue weighted by molar-refractivity contribution is 7.99. The molecule has 0 amide bonds. The molecule has 0 bridgehead atoms. The molecule has 1 unspecified atom stereocenters. The maximum atomic E-state index is 9.31. The second kappa shape index (κ2) is 7.58. The van der Waals surface area contributed by atoms with E-state index in [-0.39, 0.29) is 0 Å². The lowest BCUT2D eigenvalue weighted by Crippen LogP contribution is -2.41. The fourth-order valence-corrected chi connectivity index (χ4v) is 3.17. The van der Waals surface area contributed by atoms with Gasteiger partial charge in [-0.3, -0.25) is 5.32 Å². The third-order valence-electron chi connectivity index (χ3n) is 3.40. The van der Waals surface area contributed by atoms with Crippen LogP contribution < -0.4 is 14.8 Å². The number of rotatable bonds is 7. The first-order chi connectivity index (χ1) is 10.2. The molecule has 0 aromatic heterocycles. The van der Waals surface area contributed by atoms with Crippen LogP contribution in [-0.2, 0) is 0 Å². The number of fused-ring (bicyclic) bond motifs is 1. The van der Waals surface area contributed by atoms with Crippen LogP contribution in [0, 0.1) is 11.3 Å². The highest BCUT2D eigenvalue weighted by atomic mass is 32.2. The van der Waals surface area contributed by atoms with Gasteiger partial charge in [0.1, 0.15) is 18.8 Å². The van der Waals surface area contributed by atoms with E-state index in [0.717, 1.165) is 41.5 Å². The molecule has 0 radical (unpaired) electrons. The summed E-state index contributed by atoms with van der Waals surface area (Å²) in [5.41, 5.74) is -0.448. The van der Waals surface area contributed by atoms with E-state index in [1.54, 1.807) is 11.8 Å². The summed E-state index contributed by atoms with van der Waals surface area (Å²) in [6, 6.07) is 8.39. The molecule has 4 nitrogen and oxygen atoms in total. The van der Waals surface area contributed by atoms with Crippen LogP contribution in [0.3, 0.4) is 0 Å². The number of nitriles is 1. The fraction of sp³-hybridized carbons (Fsp3) is 0.562. The molecule has 1 heterocycles. The third kappa shape index (κ3) is 4.55. The lowest BCUT2D eigenvalue weighted by atomic mass is 10.0. The normalized spacial score (nSPS) is 16.0. The van der Waals surface area contributed by atoms with Gasteiger partial charge < -0.3 is 9.47 Å². The molecule has 1 N–H and O–H groups in total. The van der Waals surface area contributed by atoms with Gasteiger partial charge in [-0.1, -0.05) is 6.92 Å². The van der Waals surface area contributed by atoms with Crippen LogP contribution in [0.25, 0.3) is 0 Å². The molecule has 2 rings (SSSR count). The molecule has 1 atom stereocenters. The van der Waals surface area contributed by atoms with E-state index in [1.165, 1.54) is 0 Å². The van der Waals surface area contributed by atoms with Crippen molar-refractivity contribution >= 4 is 11.8 Å².